The molecule has 234 valence electrons. The maximum Gasteiger partial charge on any atom is 0.534 e. The van der Waals surface area contributed by atoms with Gasteiger partial charge in [-0.05, 0) is 73.0 Å². The average Bonchev–Trinajstić information content (AvgIpc) is 3.64. The minimum absolute atomic E-state index is 0.0134. The van der Waals surface area contributed by atoms with Gasteiger partial charge >= 0.3 is 22.7 Å². The first kappa shape index (κ1) is 35.9. The molecule has 0 saturated heterocycles. The van der Waals surface area contributed by atoms with Crippen LogP contribution < -0.4 is 5.46 Å². The van der Waals surface area contributed by atoms with E-state index in [4.69, 9.17) is 20.3 Å². The summed E-state index contributed by atoms with van der Waals surface area (Å²) in [5.74, 6) is -0.778. The Hall–Kier alpha value is -3.30. The number of aliphatic hydroxyl groups is 2. The predicted molar refractivity (Wildman–Crippen MR) is 153 cm³/mol. The Morgan fingerprint density at radius 1 is 0.884 bits per heavy atom. The van der Waals surface area contributed by atoms with Crippen LogP contribution in [-0.4, -0.2) is 52.9 Å². The quantitative estimate of drug-likeness (QED) is 0.196. The van der Waals surface area contributed by atoms with E-state index in [0.29, 0.717) is 11.0 Å². The first-order valence-electron chi connectivity index (χ1n) is 13.3. The second kappa shape index (κ2) is 16.0. The summed E-state index contributed by atoms with van der Waals surface area (Å²) in [6.07, 6.45) is 5.36. The lowest BCUT2D eigenvalue weighted by Gasteiger charge is -2.09. The summed E-state index contributed by atoms with van der Waals surface area (Å²) in [7, 11) is -7.07. The predicted octanol–water partition coefficient (Wildman–Crippen LogP) is 3.16. The Kier molecular flexibility index (Phi) is 13.3. The molecule has 4 N–H and O–H groups in total. The zero-order valence-corrected chi connectivity index (χ0v) is 24.4. The van der Waals surface area contributed by atoms with Crippen LogP contribution in [0, 0.1) is 11.8 Å². The van der Waals surface area contributed by atoms with E-state index in [2.05, 4.69) is 10.3 Å². The summed E-state index contributed by atoms with van der Waals surface area (Å²) < 4.78 is 60.9. The SMILES string of the molecule is CC(=O)[C@H]1C=C(OS(=O)(=O)C(F)(F)F)CC1.CC(=O)[C@H]1C=C(c2cccc(CO)c2)CC1.OCc1cccc(B(O)O)c1. The lowest BCUT2D eigenvalue weighted by atomic mass is 9.80. The molecule has 0 fully saturated rings. The van der Waals surface area contributed by atoms with E-state index < -0.39 is 28.7 Å². The molecular weight excluding hydrogens is 592 g/mol. The summed E-state index contributed by atoms with van der Waals surface area (Å²) in [6, 6.07) is 14.4. The fourth-order valence-electron chi connectivity index (χ4n) is 4.27. The molecule has 2 aromatic carbocycles. The molecule has 0 radical (unpaired) electrons. The zero-order chi connectivity index (χ0) is 32.4. The van der Waals surface area contributed by atoms with E-state index in [-0.39, 0.29) is 49.3 Å². The molecule has 0 unspecified atom stereocenters. The summed E-state index contributed by atoms with van der Waals surface area (Å²) in [6.45, 7) is 2.91. The van der Waals surface area contributed by atoms with Crippen molar-refractivity contribution in [2.75, 3.05) is 0 Å². The number of hydrogen-bond donors (Lipinski definition) is 4. The standard InChI is InChI=1S/C14H16O2.C8H9F3O4S.C7H9BO3/c1-10(16)12-5-6-14(8-12)13-4-2-3-11(7-13)9-15;1-5(12)6-2-3-7(4-6)15-16(13,14)8(9,10)11;9-5-6-2-1-3-7(4-6)8(10)11/h2-4,7-8,12,15H,5-6,9H2,1H3;4,6H,2-3H2,1H3;1-4,9-11H,5H2/t12-;6-;/m11./s1. The third-order valence-corrected chi connectivity index (χ3v) is 7.67. The van der Waals surface area contributed by atoms with E-state index in [1.54, 1.807) is 31.2 Å². The number of hydrogen-bond acceptors (Lipinski definition) is 9. The van der Waals surface area contributed by atoms with Gasteiger partial charge in [-0.3, -0.25) is 9.59 Å². The minimum Gasteiger partial charge on any atom is -0.423 e. The molecule has 0 amide bonds. The van der Waals surface area contributed by atoms with Crippen LogP contribution in [0.15, 0.2) is 66.4 Å². The number of allylic oxidation sites excluding steroid dienone is 4. The highest BCUT2D eigenvalue weighted by Gasteiger charge is 2.49. The monoisotopic (exact) mass is 626 g/mol. The Balaban J connectivity index is 0.000000230. The van der Waals surface area contributed by atoms with Crippen LogP contribution in [0.3, 0.4) is 0 Å². The molecule has 9 nitrogen and oxygen atoms in total. The lowest BCUT2D eigenvalue weighted by Crippen LogP contribution is -2.29. The van der Waals surface area contributed by atoms with Crippen molar-refractivity contribution in [3.63, 3.8) is 0 Å². The van der Waals surface area contributed by atoms with Crippen LogP contribution in [-0.2, 0) is 37.1 Å². The molecule has 0 aliphatic heterocycles. The Labute approximate surface area is 248 Å². The second-order valence-corrected chi connectivity index (χ2v) is 11.5. The molecule has 0 heterocycles. The number of ketones is 2. The van der Waals surface area contributed by atoms with Crippen molar-refractivity contribution >= 4 is 39.8 Å². The first-order chi connectivity index (χ1) is 20.1. The zero-order valence-electron chi connectivity index (χ0n) is 23.6. The molecule has 2 aliphatic rings. The van der Waals surface area contributed by atoms with Gasteiger partial charge in [-0.1, -0.05) is 48.5 Å². The number of carbonyl (C=O) groups is 2. The van der Waals surface area contributed by atoms with Crippen molar-refractivity contribution in [2.24, 2.45) is 11.8 Å². The summed E-state index contributed by atoms with van der Waals surface area (Å²) in [5, 5.41) is 35.2. The van der Waals surface area contributed by atoms with Crippen molar-refractivity contribution in [1.82, 2.24) is 0 Å². The largest absolute Gasteiger partial charge is 0.534 e. The highest BCUT2D eigenvalue weighted by molar-refractivity contribution is 7.87. The van der Waals surface area contributed by atoms with E-state index in [1.165, 1.54) is 12.5 Å². The van der Waals surface area contributed by atoms with Gasteiger partial charge in [0.15, 0.2) is 0 Å². The van der Waals surface area contributed by atoms with Crippen molar-refractivity contribution < 1.29 is 55.6 Å². The van der Waals surface area contributed by atoms with Crippen molar-refractivity contribution in [3.8, 4) is 0 Å². The normalized spacial score (nSPS) is 17.9. The van der Waals surface area contributed by atoms with Crippen LogP contribution in [0.4, 0.5) is 13.2 Å². The van der Waals surface area contributed by atoms with Gasteiger partial charge in [-0.25, -0.2) is 0 Å². The topological polar surface area (TPSA) is 158 Å². The van der Waals surface area contributed by atoms with Crippen LogP contribution in [0.1, 0.15) is 56.2 Å². The molecule has 14 heteroatoms. The van der Waals surface area contributed by atoms with E-state index in [9.17, 15) is 31.2 Å². The molecule has 0 saturated carbocycles. The number of carbonyl (C=O) groups excluding carboxylic acids is 2. The molecule has 2 aliphatic carbocycles. The van der Waals surface area contributed by atoms with Crippen LogP contribution in [0.25, 0.3) is 5.57 Å². The molecule has 2 aromatic rings. The van der Waals surface area contributed by atoms with Gasteiger partial charge in [0.1, 0.15) is 17.3 Å². The van der Waals surface area contributed by atoms with E-state index in [1.807, 2.05) is 24.3 Å². The maximum absolute atomic E-state index is 11.9. The molecule has 0 spiro atoms. The van der Waals surface area contributed by atoms with Crippen molar-refractivity contribution in [3.05, 3.63) is 83.1 Å². The molecule has 4 rings (SSSR count). The molecular formula is C29H34BF3O9S. The summed E-state index contributed by atoms with van der Waals surface area (Å²) >= 11 is 0. The van der Waals surface area contributed by atoms with Gasteiger partial charge in [0, 0.05) is 18.3 Å². The Bertz CT molecular complexity index is 1440. The number of Topliss-reactive ketones (excluding diaryl/α,β-unsaturated/α-hetero) is 2. The number of aliphatic hydroxyl groups excluding tert-OH is 2. The van der Waals surface area contributed by atoms with Crippen LogP contribution in [0.5, 0.6) is 0 Å². The minimum atomic E-state index is -5.61. The van der Waals surface area contributed by atoms with Gasteiger partial charge in [0.05, 0.1) is 13.2 Å². The Morgan fingerprint density at radius 3 is 1.91 bits per heavy atom. The second-order valence-electron chi connectivity index (χ2n) is 9.96. The molecule has 0 aromatic heterocycles. The number of benzene rings is 2. The van der Waals surface area contributed by atoms with Gasteiger partial charge < -0.3 is 24.4 Å². The summed E-state index contributed by atoms with van der Waals surface area (Å²) in [4.78, 5) is 22.1. The highest BCUT2D eigenvalue weighted by atomic mass is 32.2. The maximum atomic E-state index is 11.9. The van der Waals surface area contributed by atoms with E-state index in [0.717, 1.165) is 30.0 Å². The fraction of sp³-hybridized carbons (Fsp3) is 0.379. The van der Waals surface area contributed by atoms with Crippen molar-refractivity contribution in [2.45, 2.75) is 58.3 Å². The third-order valence-electron chi connectivity index (χ3n) is 6.67. The Morgan fingerprint density at radius 2 is 1.42 bits per heavy atom. The first-order valence-corrected chi connectivity index (χ1v) is 14.7. The molecule has 0 bridgehead atoms. The number of alkyl halides is 3. The smallest absolute Gasteiger partial charge is 0.423 e. The number of rotatable bonds is 8. The van der Waals surface area contributed by atoms with Gasteiger partial charge in [0.2, 0.25) is 0 Å². The van der Waals surface area contributed by atoms with E-state index >= 15 is 0 Å². The fourth-order valence-corrected chi connectivity index (χ4v) is 4.79. The molecule has 43 heavy (non-hydrogen) atoms. The lowest BCUT2D eigenvalue weighted by molar-refractivity contribution is -0.120. The van der Waals surface area contributed by atoms with Gasteiger partial charge in [-0.2, -0.15) is 21.6 Å². The van der Waals surface area contributed by atoms with Crippen LogP contribution >= 0.6 is 0 Å². The number of halogens is 3. The molecule has 2 atom stereocenters. The van der Waals surface area contributed by atoms with Gasteiger partial charge in [-0.15, -0.1) is 0 Å². The average molecular weight is 626 g/mol. The van der Waals surface area contributed by atoms with Crippen LogP contribution in [0.2, 0.25) is 0 Å². The third kappa shape index (κ3) is 11.0. The van der Waals surface area contributed by atoms with Gasteiger partial charge in [0.25, 0.3) is 0 Å². The van der Waals surface area contributed by atoms with Crippen molar-refractivity contribution in [1.29, 1.82) is 0 Å². The highest BCUT2D eigenvalue weighted by Crippen LogP contribution is 2.33. The summed E-state index contributed by atoms with van der Waals surface area (Å²) in [5.41, 5.74) is -1.08.